The molecule has 3 rings (SSSR count). The highest BCUT2D eigenvalue weighted by Crippen LogP contribution is 2.47. The Morgan fingerprint density at radius 3 is 2.43 bits per heavy atom. The molecule has 1 N–H and O–H groups in total. The monoisotopic (exact) mass is 297 g/mol. The number of fused-ring (bicyclic) bond motifs is 1. The van der Waals surface area contributed by atoms with Gasteiger partial charge in [-0.3, -0.25) is 4.90 Å². The van der Waals surface area contributed by atoms with Gasteiger partial charge >= 0.3 is 0 Å². The van der Waals surface area contributed by atoms with Crippen LogP contribution in [0, 0.1) is 0 Å². The van der Waals surface area contributed by atoms with Crippen molar-refractivity contribution in [3.63, 3.8) is 0 Å². The molecule has 3 saturated heterocycles. The van der Waals surface area contributed by atoms with Crippen LogP contribution in [0.15, 0.2) is 0 Å². The highest BCUT2D eigenvalue weighted by molar-refractivity contribution is 5.07. The molecule has 3 aliphatic rings. The smallest absolute Gasteiger partial charge is 0.168 e. The predicted octanol–water partition coefficient (Wildman–Crippen LogP) is 2.69. The molecule has 3 heterocycles. The number of hydrogen-bond acceptors (Lipinski definition) is 4. The molecular weight excluding hydrogens is 266 g/mol. The molecule has 0 radical (unpaired) electrons. The molecule has 0 aliphatic carbocycles. The molecule has 0 spiro atoms. The van der Waals surface area contributed by atoms with Gasteiger partial charge in [0.25, 0.3) is 0 Å². The molecule has 3 aliphatic heterocycles. The van der Waals surface area contributed by atoms with E-state index in [0.717, 1.165) is 19.5 Å². The van der Waals surface area contributed by atoms with Gasteiger partial charge in [0.05, 0.1) is 6.10 Å². The molecule has 0 aromatic rings. The molecule has 2 bridgehead atoms. The van der Waals surface area contributed by atoms with Crippen LogP contribution in [0.2, 0.25) is 0 Å². The Labute approximate surface area is 128 Å². The number of unbranched alkanes of at least 4 members (excludes halogenated alkanes) is 6. The SMILES string of the molecule is CCCCCCCCCN1C[C@@H](O)[C@H]2O[C@@]3(C)C[C@@H]1[C@@H]2O3. The number of rotatable bonds is 8. The molecule has 0 amide bonds. The van der Waals surface area contributed by atoms with E-state index in [9.17, 15) is 5.11 Å². The first-order valence-electron chi connectivity index (χ1n) is 8.91. The summed E-state index contributed by atoms with van der Waals surface area (Å²) in [6.45, 7) is 6.12. The molecule has 122 valence electrons. The van der Waals surface area contributed by atoms with Crippen molar-refractivity contribution in [3.05, 3.63) is 0 Å². The van der Waals surface area contributed by atoms with Crippen LogP contribution in [0.1, 0.15) is 65.2 Å². The second kappa shape index (κ2) is 6.53. The van der Waals surface area contributed by atoms with E-state index < -0.39 is 11.9 Å². The van der Waals surface area contributed by atoms with Crippen molar-refractivity contribution in [2.24, 2.45) is 0 Å². The highest BCUT2D eigenvalue weighted by Gasteiger charge is 2.61. The normalized spacial score (nSPS) is 41.9. The van der Waals surface area contributed by atoms with Gasteiger partial charge in [-0.1, -0.05) is 45.4 Å². The Hall–Kier alpha value is -0.160. The lowest BCUT2D eigenvalue weighted by atomic mass is 9.89. The van der Waals surface area contributed by atoms with Crippen molar-refractivity contribution in [3.8, 4) is 0 Å². The third kappa shape index (κ3) is 3.29. The summed E-state index contributed by atoms with van der Waals surface area (Å²) in [5.74, 6) is -0.445. The fourth-order valence-electron chi connectivity index (χ4n) is 4.27. The van der Waals surface area contributed by atoms with Gasteiger partial charge in [0.1, 0.15) is 12.2 Å². The fraction of sp³-hybridized carbons (Fsp3) is 1.00. The van der Waals surface area contributed by atoms with Crippen LogP contribution < -0.4 is 0 Å². The molecule has 0 aromatic carbocycles. The Kier molecular flexibility index (Phi) is 4.89. The Balaban J connectivity index is 1.40. The summed E-state index contributed by atoms with van der Waals surface area (Å²) in [7, 11) is 0. The second-order valence-electron chi connectivity index (χ2n) is 7.25. The summed E-state index contributed by atoms with van der Waals surface area (Å²) >= 11 is 0. The topological polar surface area (TPSA) is 41.9 Å². The minimum atomic E-state index is -0.445. The number of aliphatic hydroxyl groups excluding tert-OH is 1. The van der Waals surface area contributed by atoms with Crippen LogP contribution in [-0.4, -0.2) is 53.2 Å². The van der Waals surface area contributed by atoms with Gasteiger partial charge in [0, 0.05) is 19.0 Å². The van der Waals surface area contributed by atoms with Gasteiger partial charge in [-0.2, -0.15) is 0 Å². The van der Waals surface area contributed by atoms with Crippen LogP contribution in [0.25, 0.3) is 0 Å². The van der Waals surface area contributed by atoms with Crippen LogP contribution in [0.3, 0.4) is 0 Å². The van der Waals surface area contributed by atoms with E-state index in [0.29, 0.717) is 6.04 Å². The summed E-state index contributed by atoms with van der Waals surface area (Å²) in [5.41, 5.74) is 0. The predicted molar refractivity (Wildman–Crippen MR) is 82.1 cm³/mol. The lowest BCUT2D eigenvalue weighted by Gasteiger charge is -2.44. The molecule has 0 unspecified atom stereocenters. The summed E-state index contributed by atoms with van der Waals surface area (Å²) in [6.07, 6.45) is 9.91. The van der Waals surface area contributed by atoms with E-state index in [-0.39, 0.29) is 12.2 Å². The van der Waals surface area contributed by atoms with Crippen molar-refractivity contribution in [2.45, 2.75) is 95.4 Å². The van der Waals surface area contributed by atoms with E-state index >= 15 is 0 Å². The fourth-order valence-corrected chi connectivity index (χ4v) is 4.27. The number of hydrogen-bond donors (Lipinski definition) is 1. The van der Waals surface area contributed by atoms with E-state index in [1.54, 1.807) is 0 Å². The Morgan fingerprint density at radius 1 is 1.05 bits per heavy atom. The van der Waals surface area contributed by atoms with E-state index in [1.807, 2.05) is 6.92 Å². The van der Waals surface area contributed by atoms with Crippen molar-refractivity contribution < 1.29 is 14.6 Å². The van der Waals surface area contributed by atoms with Gasteiger partial charge in [-0.15, -0.1) is 0 Å². The Bertz CT molecular complexity index is 351. The first-order chi connectivity index (χ1) is 10.1. The molecule has 4 nitrogen and oxygen atoms in total. The second-order valence-corrected chi connectivity index (χ2v) is 7.25. The Morgan fingerprint density at radius 2 is 1.71 bits per heavy atom. The van der Waals surface area contributed by atoms with Crippen LogP contribution in [0.4, 0.5) is 0 Å². The third-order valence-corrected chi connectivity index (χ3v) is 5.37. The van der Waals surface area contributed by atoms with Gasteiger partial charge in [0.2, 0.25) is 0 Å². The molecule has 4 heteroatoms. The highest BCUT2D eigenvalue weighted by atomic mass is 16.8. The maximum absolute atomic E-state index is 10.3. The van der Waals surface area contributed by atoms with Crippen LogP contribution >= 0.6 is 0 Å². The average molecular weight is 297 g/mol. The van der Waals surface area contributed by atoms with Crippen molar-refractivity contribution in [1.29, 1.82) is 0 Å². The van der Waals surface area contributed by atoms with Crippen molar-refractivity contribution in [2.75, 3.05) is 13.1 Å². The first-order valence-corrected chi connectivity index (χ1v) is 8.91. The van der Waals surface area contributed by atoms with Gasteiger partial charge in [0.15, 0.2) is 5.79 Å². The summed E-state index contributed by atoms with van der Waals surface area (Å²) in [6, 6.07) is 0.456. The lowest BCUT2D eigenvalue weighted by molar-refractivity contribution is -0.176. The van der Waals surface area contributed by atoms with E-state index in [1.165, 1.54) is 44.9 Å². The largest absolute Gasteiger partial charge is 0.389 e. The minimum absolute atomic E-state index is 0.0864. The summed E-state index contributed by atoms with van der Waals surface area (Å²) in [5, 5.41) is 10.3. The summed E-state index contributed by atoms with van der Waals surface area (Å²) < 4.78 is 11.8. The average Bonchev–Trinajstić information content (AvgIpc) is 2.97. The number of β-amino-alcohol motifs (C(OH)–C–C–N with tert-alkyl or cyclic N) is 1. The molecule has 21 heavy (non-hydrogen) atoms. The minimum Gasteiger partial charge on any atom is -0.389 e. The van der Waals surface area contributed by atoms with Crippen LogP contribution in [0.5, 0.6) is 0 Å². The maximum Gasteiger partial charge on any atom is 0.168 e. The molecule has 3 fully saturated rings. The number of aliphatic hydroxyl groups is 1. The standard InChI is InChI=1S/C17H31NO3/c1-3-4-5-6-7-8-9-10-18-12-14(19)16-15-13(18)11-17(2,20-15)21-16/h13-16,19H,3-12H2,1-2H3/t13-,14-,15+,16-,17+/m1/s1. The first kappa shape index (κ1) is 15.7. The summed E-state index contributed by atoms with van der Waals surface area (Å²) in [4.78, 5) is 2.45. The quantitative estimate of drug-likeness (QED) is 0.700. The molecule has 5 atom stereocenters. The maximum atomic E-state index is 10.3. The number of likely N-dealkylation sites (tertiary alicyclic amines) is 1. The number of piperidine rings is 1. The third-order valence-electron chi connectivity index (χ3n) is 5.37. The van der Waals surface area contributed by atoms with Gasteiger partial charge in [-0.25, -0.2) is 0 Å². The molecular formula is C17H31NO3. The van der Waals surface area contributed by atoms with Crippen LogP contribution in [-0.2, 0) is 9.47 Å². The zero-order valence-corrected chi connectivity index (χ0v) is 13.6. The number of nitrogens with zero attached hydrogens (tertiary/aromatic N) is 1. The van der Waals surface area contributed by atoms with Gasteiger partial charge < -0.3 is 14.6 Å². The van der Waals surface area contributed by atoms with E-state index in [2.05, 4.69) is 11.8 Å². The molecule has 0 aromatic heterocycles. The van der Waals surface area contributed by atoms with Gasteiger partial charge in [-0.05, 0) is 19.9 Å². The molecule has 0 saturated carbocycles. The van der Waals surface area contributed by atoms with Crippen molar-refractivity contribution in [1.82, 2.24) is 4.90 Å². The number of ether oxygens (including phenoxy) is 2. The van der Waals surface area contributed by atoms with E-state index in [4.69, 9.17) is 9.47 Å². The lowest BCUT2D eigenvalue weighted by Crippen LogP contribution is -2.61. The zero-order valence-electron chi connectivity index (χ0n) is 13.6. The van der Waals surface area contributed by atoms with Crippen molar-refractivity contribution >= 4 is 0 Å². The zero-order chi connectivity index (χ0) is 14.9.